The SMILES string of the molecule is O=C(Nc1ccccc1)c1ccc(Cn2ccccc2=O)cc1. The third kappa shape index (κ3) is 3.74. The number of nitrogens with one attached hydrogen (secondary N) is 1. The summed E-state index contributed by atoms with van der Waals surface area (Å²) in [5, 5.41) is 2.84. The van der Waals surface area contributed by atoms with Crippen LogP contribution in [-0.4, -0.2) is 10.5 Å². The number of para-hydroxylation sites is 1. The van der Waals surface area contributed by atoms with Crippen LogP contribution in [-0.2, 0) is 6.54 Å². The highest BCUT2D eigenvalue weighted by molar-refractivity contribution is 6.04. The third-order valence-corrected chi connectivity index (χ3v) is 3.50. The number of carbonyl (C=O) groups is 1. The van der Waals surface area contributed by atoms with Crippen LogP contribution in [0.2, 0.25) is 0 Å². The molecule has 0 aliphatic heterocycles. The molecule has 4 heteroatoms. The molecule has 1 N–H and O–H groups in total. The minimum Gasteiger partial charge on any atom is -0.322 e. The number of carbonyl (C=O) groups excluding carboxylic acids is 1. The summed E-state index contributed by atoms with van der Waals surface area (Å²) in [4.78, 5) is 23.9. The van der Waals surface area contributed by atoms with Gasteiger partial charge in [0.25, 0.3) is 11.5 Å². The third-order valence-electron chi connectivity index (χ3n) is 3.50. The average Bonchev–Trinajstić information content (AvgIpc) is 2.58. The second kappa shape index (κ2) is 6.75. The fourth-order valence-electron chi connectivity index (χ4n) is 2.27. The van der Waals surface area contributed by atoms with Crippen LogP contribution in [0.15, 0.2) is 83.8 Å². The van der Waals surface area contributed by atoms with E-state index in [0.29, 0.717) is 12.1 Å². The van der Waals surface area contributed by atoms with E-state index < -0.39 is 0 Å². The molecule has 23 heavy (non-hydrogen) atoms. The van der Waals surface area contributed by atoms with Gasteiger partial charge in [-0.3, -0.25) is 9.59 Å². The Morgan fingerprint density at radius 2 is 1.57 bits per heavy atom. The lowest BCUT2D eigenvalue weighted by Crippen LogP contribution is -2.18. The van der Waals surface area contributed by atoms with Crippen molar-refractivity contribution in [1.82, 2.24) is 4.57 Å². The number of aromatic nitrogens is 1. The van der Waals surface area contributed by atoms with E-state index in [1.165, 1.54) is 6.07 Å². The molecule has 0 fully saturated rings. The molecule has 1 amide bonds. The van der Waals surface area contributed by atoms with Crippen molar-refractivity contribution < 1.29 is 4.79 Å². The number of pyridine rings is 1. The molecular weight excluding hydrogens is 288 g/mol. The summed E-state index contributed by atoms with van der Waals surface area (Å²) in [6, 6.07) is 21.6. The maximum absolute atomic E-state index is 12.2. The van der Waals surface area contributed by atoms with Crippen molar-refractivity contribution in [3.63, 3.8) is 0 Å². The van der Waals surface area contributed by atoms with Crippen LogP contribution in [0.5, 0.6) is 0 Å². The minimum atomic E-state index is -0.153. The number of hydrogen-bond acceptors (Lipinski definition) is 2. The van der Waals surface area contributed by atoms with Crippen molar-refractivity contribution >= 4 is 11.6 Å². The van der Waals surface area contributed by atoms with E-state index in [1.807, 2.05) is 48.5 Å². The summed E-state index contributed by atoms with van der Waals surface area (Å²) >= 11 is 0. The number of rotatable bonds is 4. The van der Waals surface area contributed by atoms with Crippen molar-refractivity contribution in [2.75, 3.05) is 5.32 Å². The molecule has 0 saturated carbocycles. The molecule has 0 unspecified atom stereocenters. The summed E-state index contributed by atoms with van der Waals surface area (Å²) in [6.07, 6.45) is 1.75. The Morgan fingerprint density at radius 1 is 0.870 bits per heavy atom. The second-order valence-corrected chi connectivity index (χ2v) is 5.18. The van der Waals surface area contributed by atoms with Gasteiger partial charge in [0.05, 0.1) is 6.54 Å². The molecule has 0 atom stereocenters. The molecular formula is C19H16N2O2. The maximum atomic E-state index is 12.2. The molecule has 0 bridgehead atoms. The van der Waals surface area contributed by atoms with Crippen LogP contribution in [0.1, 0.15) is 15.9 Å². The van der Waals surface area contributed by atoms with Crippen molar-refractivity contribution in [2.45, 2.75) is 6.54 Å². The highest BCUT2D eigenvalue weighted by Gasteiger charge is 2.06. The van der Waals surface area contributed by atoms with Gasteiger partial charge in [0, 0.05) is 23.5 Å². The molecule has 0 saturated heterocycles. The first-order chi connectivity index (χ1) is 11.2. The Balaban J connectivity index is 1.71. The zero-order valence-electron chi connectivity index (χ0n) is 12.5. The van der Waals surface area contributed by atoms with Gasteiger partial charge in [-0.05, 0) is 35.9 Å². The highest BCUT2D eigenvalue weighted by Crippen LogP contribution is 2.10. The van der Waals surface area contributed by atoms with Crippen LogP contribution in [0.4, 0.5) is 5.69 Å². The van der Waals surface area contributed by atoms with Gasteiger partial charge < -0.3 is 9.88 Å². The Morgan fingerprint density at radius 3 is 2.26 bits per heavy atom. The van der Waals surface area contributed by atoms with Gasteiger partial charge in [0.1, 0.15) is 0 Å². The number of anilines is 1. The van der Waals surface area contributed by atoms with Crippen molar-refractivity contribution in [2.24, 2.45) is 0 Å². The van der Waals surface area contributed by atoms with Gasteiger partial charge in [-0.2, -0.15) is 0 Å². The number of benzene rings is 2. The van der Waals surface area contributed by atoms with Gasteiger partial charge in [-0.15, -0.1) is 0 Å². The fourth-order valence-corrected chi connectivity index (χ4v) is 2.27. The topological polar surface area (TPSA) is 51.1 Å². The van der Waals surface area contributed by atoms with Gasteiger partial charge in [0.2, 0.25) is 0 Å². The molecule has 0 spiro atoms. The molecule has 3 aromatic rings. The molecule has 0 aliphatic rings. The number of amides is 1. The molecule has 4 nitrogen and oxygen atoms in total. The van der Waals surface area contributed by atoms with Crippen LogP contribution < -0.4 is 10.9 Å². The molecule has 114 valence electrons. The molecule has 0 radical (unpaired) electrons. The minimum absolute atomic E-state index is 0.0432. The summed E-state index contributed by atoms with van der Waals surface area (Å²) < 4.78 is 1.62. The van der Waals surface area contributed by atoms with E-state index in [0.717, 1.165) is 11.3 Å². The summed E-state index contributed by atoms with van der Waals surface area (Å²) in [7, 11) is 0. The lowest BCUT2D eigenvalue weighted by Gasteiger charge is -2.07. The van der Waals surface area contributed by atoms with E-state index in [9.17, 15) is 9.59 Å². The van der Waals surface area contributed by atoms with Gasteiger partial charge in [-0.25, -0.2) is 0 Å². The van der Waals surface area contributed by atoms with Gasteiger partial charge in [-0.1, -0.05) is 36.4 Å². The number of hydrogen-bond donors (Lipinski definition) is 1. The Bertz CT molecular complexity index is 852. The second-order valence-electron chi connectivity index (χ2n) is 5.18. The average molecular weight is 304 g/mol. The van der Waals surface area contributed by atoms with Crippen LogP contribution >= 0.6 is 0 Å². The molecule has 1 heterocycles. The van der Waals surface area contributed by atoms with E-state index in [1.54, 1.807) is 29.0 Å². The van der Waals surface area contributed by atoms with Gasteiger partial charge >= 0.3 is 0 Å². The predicted octanol–water partition coefficient (Wildman–Crippen LogP) is 3.15. The van der Waals surface area contributed by atoms with Crippen LogP contribution in [0.25, 0.3) is 0 Å². The Hall–Kier alpha value is -3.14. The van der Waals surface area contributed by atoms with Gasteiger partial charge in [0.15, 0.2) is 0 Å². The summed E-state index contributed by atoms with van der Waals surface area (Å²) in [6.45, 7) is 0.486. The Kier molecular flexibility index (Phi) is 4.34. The molecule has 1 aromatic heterocycles. The standard InChI is InChI=1S/C19H16N2O2/c22-18-8-4-5-13-21(18)14-15-9-11-16(12-10-15)19(23)20-17-6-2-1-3-7-17/h1-13H,14H2,(H,20,23). The first-order valence-electron chi connectivity index (χ1n) is 7.33. The van der Waals surface area contributed by atoms with E-state index in [-0.39, 0.29) is 11.5 Å². The lowest BCUT2D eigenvalue weighted by molar-refractivity contribution is 0.102. The first kappa shape index (κ1) is 14.8. The number of nitrogens with zero attached hydrogens (tertiary/aromatic N) is 1. The van der Waals surface area contributed by atoms with Crippen molar-refractivity contribution in [3.8, 4) is 0 Å². The van der Waals surface area contributed by atoms with Crippen LogP contribution in [0, 0.1) is 0 Å². The lowest BCUT2D eigenvalue weighted by atomic mass is 10.1. The van der Waals surface area contributed by atoms with E-state index >= 15 is 0 Å². The normalized spacial score (nSPS) is 10.3. The van der Waals surface area contributed by atoms with E-state index in [4.69, 9.17) is 0 Å². The Labute approximate surface area is 134 Å². The monoisotopic (exact) mass is 304 g/mol. The summed E-state index contributed by atoms with van der Waals surface area (Å²) in [5.74, 6) is -0.153. The first-order valence-corrected chi connectivity index (χ1v) is 7.33. The highest BCUT2D eigenvalue weighted by atomic mass is 16.1. The maximum Gasteiger partial charge on any atom is 0.255 e. The van der Waals surface area contributed by atoms with Crippen LogP contribution in [0.3, 0.4) is 0 Å². The van der Waals surface area contributed by atoms with E-state index in [2.05, 4.69) is 5.32 Å². The zero-order chi connectivity index (χ0) is 16.1. The quantitative estimate of drug-likeness (QED) is 0.805. The molecule has 0 aliphatic carbocycles. The van der Waals surface area contributed by atoms with Crippen molar-refractivity contribution in [1.29, 1.82) is 0 Å². The summed E-state index contributed by atoms with van der Waals surface area (Å²) in [5.41, 5.74) is 2.27. The fraction of sp³-hybridized carbons (Fsp3) is 0.0526. The largest absolute Gasteiger partial charge is 0.322 e. The van der Waals surface area contributed by atoms with Crippen molar-refractivity contribution in [3.05, 3.63) is 100 Å². The molecule has 3 rings (SSSR count). The molecule has 2 aromatic carbocycles. The smallest absolute Gasteiger partial charge is 0.255 e. The zero-order valence-corrected chi connectivity index (χ0v) is 12.5. The predicted molar refractivity (Wildman–Crippen MR) is 90.6 cm³/mol.